The van der Waals surface area contributed by atoms with Crippen molar-refractivity contribution >= 4 is 34.0 Å². The number of carboxylic acids is 1. The van der Waals surface area contributed by atoms with Crippen molar-refractivity contribution in [3.05, 3.63) is 0 Å². The fourth-order valence-electron chi connectivity index (χ4n) is 2.02. The summed E-state index contributed by atoms with van der Waals surface area (Å²) >= 11 is 0. The van der Waals surface area contributed by atoms with Crippen LogP contribution in [0.3, 0.4) is 0 Å². The number of hydrogen-bond donors (Lipinski definition) is 4. The van der Waals surface area contributed by atoms with Crippen molar-refractivity contribution in [1.29, 1.82) is 0 Å². The van der Waals surface area contributed by atoms with Gasteiger partial charge >= 0.3 is 35.5 Å². The summed E-state index contributed by atoms with van der Waals surface area (Å²) < 4.78 is 37.3. The molecule has 3 amide bonds. The van der Waals surface area contributed by atoms with Crippen LogP contribution in [0.15, 0.2) is 0 Å². The molecule has 0 spiro atoms. The zero-order chi connectivity index (χ0) is 20.3. The van der Waals surface area contributed by atoms with E-state index >= 15 is 0 Å². The molecule has 0 aromatic rings. The summed E-state index contributed by atoms with van der Waals surface area (Å²) in [7, 11) is -3.99. The Morgan fingerprint density at radius 3 is 2.41 bits per heavy atom. The number of nitrogens with one attached hydrogen (secondary N) is 2. The number of carbonyl (C=O) groups is 4. The van der Waals surface area contributed by atoms with Gasteiger partial charge in [0.05, 0.1) is 6.54 Å². The van der Waals surface area contributed by atoms with Gasteiger partial charge in [-0.3, -0.25) is 19.2 Å². The van der Waals surface area contributed by atoms with Crippen molar-refractivity contribution in [2.24, 2.45) is 5.73 Å². The van der Waals surface area contributed by atoms with Gasteiger partial charge in [-0.15, -0.1) is 0 Å². The van der Waals surface area contributed by atoms with Crippen LogP contribution in [0.5, 0.6) is 0 Å². The second-order valence-corrected chi connectivity index (χ2v) is 6.86. The summed E-state index contributed by atoms with van der Waals surface area (Å²) in [5, 5.41) is 13.0. The number of aliphatic carboxylic acids is 1. The number of hydrogen-bond acceptors (Lipinski definition) is 9. The van der Waals surface area contributed by atoms with Gasteiger partial charge in [-0.2, -0.15) is 0 Å². The van der Waals surface area contributed by atoms with E-state index in [4.69, 9.17) is 15.6 Å². The maximum atomic E-state index is 12.1. The number of methoxy groups -OCH3 is 1. The minimum atomic E-state index is -5.02. The van der Waals surface area contributed by atoms with E-state index in [0.29, 0.717) is 0 Å². The van der Waals surface area contributed by atoms with E-state index < -0.39 is 58.3 Å². The van der Waals surface area contributed by atoms with Crippen LogP contribution >= 0.6 is 0 Å². The molecule has 3 atom stereocenters. The number of amides is 3. The minimum absolute atomic E-state index is 0. The van der Waals surface area contributed by atoms with Crippen LogP contribution < -0.4 is 45.9 Å². The molecule has 0 radical (unpaired) electrons. The number of carbonyl (C=O) groups excluding carboxylic acids is 3. The Balaban J connectivity index is 0.00000676. The molecular weight excluding hydrogens is 399 g/mol. The van der Waals surface area contributed by atoms with Gasteiger partial charge in [0.15, 0.2) is 10.3 Å². The number of β-lactam (4-membered cyclic amide) rings is 1. The molecule has 15 heteroatoms. The Labute approximate surface area is 177 Å². The van der Waals surface area contributed by atoms with E-state index in [1.165, 1.54) is 6.92 Å². The second kappa shape index (κ2) is 9.77. The fraction of sp³-hybridized carbons (Fsp3) is 0.667. The number of carboxylic acid groups (broad SMARTS) is 1. The molecule has 1 aliphatic heterocycles. The van der Waals surface area contributed by atoms with E-state index in [1.54, 1.807) is 0 Å². The standard InChI is InChI=1S/C12H20N4O9S.Na/c1-6(14-8(17)4-3-7(13)10(19)20)9(18)15-12(25-2)5-16(11(12)21)26(22,23)24;/h6-7H,3-5,13H2,1-2H3,(H,14,17)(H,15,18)(H,19,20)(H,22,23,24);/q;+1/p-1/t6-,7-,12-;/m1./s1. The molecule has 1 saturated heterocycles. The first kappa shape index (κ1) is 25.7. The molecule has 0 aromatic heterocycles. The Morgan fingerprint density at radius 2 is 2.00 bits per heavy atom. The molecule has 0 unspecified atom stereocenters. The van der Waals surface area contributed by atoms with Crippen LogP contribution in [0, 0.1) is 0 Å². The Kier molecular flexibility index (Phi) is 9.30. The van der Waals surface area contributed by atoms with Crippen molar-refractivity contribution < 1.29 is 71.5 Å². The predicted molar refractivity (Wildman–Crippen MR) is 81.7 cm³/mol. The molecule has 1 fully saturated rings. The van der Waals surface area contributed by atoms with Crippen LogP contribution in [-0.2, 0) is 34.2 Å². The summed E-state index contributed by atoms with van der Waals surface area (Å²) in [6.07, 6.45) is -0.395. The van der Waals surface area contributed by atoms with E-state index in [-0.39, 0.29) is 46.7 Å². The van der Waals surface area contributed by atoms with Gasteiger partial charge in [0.2, 0.25) is 17.5 Å². The largest absolute Gasteiger partial charge is 1.00 e. The van der Waals surface area contributed by atoms with Gasteiger partial charge in [0.25, 0.3) is 5.91 Å². The number of nitrogens with two attached hydrogens (primary N) is 1. The molecule has 0 saturated carbocycles. The van der Waals surface area contributed by atoms with Crippen LogP contribution in [0.25, 0.3) is 0 Å². The first-order valence-electron chi connectivity index (χ1n) is 7.27. The fourth-order valence-corrected chi connectivity index (χ4v) is 2.72. The first-order chi connectivity index (χ1) is 11.8. The SMILES string of the molecule is CO[C@]1(NC(=O)[C@@H](C)NC(=O)CC[C@@H](N)C(=O)O)CN(S(=O)(=O)[O-])C1=O.[Na+]. The molecule has 0 aromatic carbocycles. The van der Waals surface area contributed by atoms with Crippen LogP contribution in [0.1, 0.15) is 19.8 Å². The summed E-state index contributed by atoms with van der Waals surface area (Å²) in [6, 6.07) is -2.38. The average molecular weight is 418 g/mol. The molecular formula is C12H19N4NaO9S. The zero-order valence-electron chi connectivity index (χ0n) is 14.9. The molecule has 1 heterocycles. The number of ether oxygens (including phenoxy) is 1. The van der Waals surface area contributed by atoms with Gasteiger partial charge in [-0.1, -0.05) is 0 Å². The van der Waals surface area contributed by atoms with Gasteiger partial charge in [0.1, 0.15) is 12.1 Å². The molecule has 148 valence electrons. The van der Waals surface area contributed by atoms with Crippen molar-refractivity contribution in [3.63, 3.8) is 0 Å². The molecule has 0 aliphatic carbocycles. The van der Waals surface area contributed by atoms with E-state index in [0.717, 1.165) is 7.11 Å². The van der Waals surface area contributed by atoms with Crippen LogP contribution in [0.2, 0.25) is 0 Å². The molecule has 0 bridgehead atoms. The van der Waals surface area contributed by atoms with Crippen LogP contribution in [-0.4, -0.2) is 77.5 Å². The summed E-state index contributed by atoms with van der Waals surface area (Å²) in [6.45, 7) is 0.576. The number of nitrogens with zero attached hydrogens (tertiary/aromatic N) is 1. The topological polar surface area (TPSA) is 208 Å². The molecule has 13 nitrogen and oxygen atoms in total. The second-order valence-electron chi connectivity index (χ2n) is 5.56. The predicted octanol–water partition coefficient (Wildman–Crippen LogP) is -6.55. The Bertz CT molecular complexity index is 716. The van der Waals surface area contributed by atoms with E-state index in [2.05, 4.69) is 10.6 Å². The van der Waals surface area contributed by atoms with Gasteiger partial charge < -0.3 is 30.8 Å². The molecule has 1 aliphatic rings. The van der Waals surface area contributed by atoms with E-state index in [1.807, 2.05) is 0 Å². The van der Waals surface area contributed by atoms with Crippen molar-refractivity contribution in [2.75, 3.05) is 13.7 Å². The normalized spacial score (nSPS) is 21.3. The third-order valence-electron chi connectivity index (χ3n) is 3.65. The van der Waals surface area contributed by atoms with Crippen LogP contribution in [0.4, 0.5) is 0 Å². The summed E-state index contributed by atoms with van der Waals surface area (Å²) in [4.78, 5) is 46.2. The Hall–Kier alpha value is -1.29. The first-order valence-corrected chi connectivity index (χ1v) is 8.63. The molecule has 1 rings (SSSR count). The van der Waals surface area contributed by atoms with Crippen molar-refractivity contribution in [1.82, 2.24) is 14.9 Å². The smallest absolute Gasteiger partial charge is 0.731 e. The molecule has 5 N–H and O–H groups in total. The maximum Gasteiger partial charge on any atom is 1.00 e. The zero-order valence-corrected chi connectivity index (χ0v) is 17.7. The maximum absolute atomic E-state index is 12.1. The van der Waals surface area contributed by atoms with Gasteiger partial charge in [0, 0.05) is 13.5 Å². The van der Waals surface area contributed by atoms with E-state index in [9.17, 15) is 32.1 Å². The van der Waals surface area contributed by atoms with Gasteiger partial charge in [-0.05, 0) is 13.3 Å². The van der Waals surface area contributed by atoms with Crippen molar-refractivity contribution in [2.45, 2.75) is 37.6 Å². The summed E-state index contributed by atoms with van der Waals surface area (Å²) in [5.41, 5.74) is 3.24. The van der Waals surface area contributed by atoms with Crippen molar-refractivity contribution in [3.8, 4) is 0 Å². The van der Waals surface area contributed by atoms with Gasteiger partial charge in [-0.25, -0.2) is 12.7 Å². The number of rotatable bonds is 9. The average Bonchev–Trinajstić information content (AvgIpc) is 2.53. The quantitative estimate of drug-likeness (QED) is 0.120. The minimum Gasteiger partial charge on any atom is -0.731 e. The third-order valence-corrected chi connectivity index (χ3v) is 4.49. The monoisotopic (exact) mass is 418 g/mol. The summed E-state index contributed by atoms with van der Waals surface area (Å²) in [5.74, 6) is -4.06. The molecule has 27 heavy (non-hydrogen) atoms. The Morgan fingerprint density at radius 1 is 1.44 bits per heavy atom. The third kappa shape index (κ3) is 6.38.